The summed E-state index contributed by atoms with van der Waals surface area (Å²) in [6, 6.07) is 8.14. The molecule has 1 aliphatic rings. The lowest BCUT2D eigenvalue weighted by atomic mass is 10.1. The third-order valence-corrected chi connectivity index (χ3v) is 6.88. The molecule has 6 N–H and O–H groups in total. The fourth-order valence-electron chi connectivity index (χ4n) is 3.70. The summed E-state index contributed by atoms with van der Waals surface area (Å²) in [7, 11) is 0. The quantitative estimate of drug-likeness (QED) is 0.371. The molecule has 0 unspecified atom stereocenters. The van der Waals surface area contributed by atoms with E-state index in [1.807, 2.05) is 0 Å². The van der Waals surface area contributed by atoms with Crippen molar-refractivity contribution in [3.8, 4) is 5.75 Å². The Morgan fingerprint density at radius 2 is 1.94 bits per heavy atom. The van der Waals surface area contributed by atoms with Gasteiger partial charge in [-0.1, -0.05) is 0 Å². The number of nitrogens with zero attached hydrogens (tertiary/aromatic N) is 4. The van der Waals surface area contributed by atoms with Crippen molar-refractivity contribution in [3.63, 3.8) is 0 Å². The predicted molar refractivity (Wildman–Crippen MR) is 116 cm³/mol. The van der Waals surface area contributed by atoms with Gasteiger partial charge in [0.15, 0.2) is 11.6 Å². The summed E-state index contributed by atoms with van der Waals surface area (Å²) in [4.78, 5) is 12.3. The van der Waals surface area contributed by atoms with E-state index >= 15 is 0 Å². The molecular formula is C20H19FN6O3S. The third kappa shape index (κ3) is 3.40. The molecular weight excluding hydrogens is 423 g/mol. The van der Waals surface area contributed by atoms with E-state index in [1.165, 1.54) is 24.2 Å². The van der Waals surface area contributed by atoms with E-state index in [0.29, 0.717) is 33.5 Å². The molecule has 11 heteroatoms. The summed E-state index contributed by atoms with van der Waals surface area (Å²) >= 11 is 1.38. The molecule has 1 fully saturated rings. The topological polar surface area (TPSA) is 145 Å². The van der Waals surface area contributed by atoms with Gasteiger partial charge in [0.05, 0.1) is 22.3 Å². The molecule has 4 aromatic rings. The van der Waals surface area contributed by atoms with Gasteiger partial charge in [-0.3, -0.25) is 0 Å². The van der Waals surface area contributed by atoms with Gasteiger partial charge in [-0.05, 0) is 24.3 Å². The fourth-order valence-corrected chi connectivity index (χ4v) is 5.15. The summed E-state index contributed by atoms with van der Waals surface area (Å²) in [6.45, 7) is 0.151. The van der Waals surface area contributed by atoms with Crippen molar-refractivity contribution in [3.05, 3.63) is 48.7 Å². The maximum absolute atomic E-state index is 13.6. The third-order valence-electron chi connectivity index (χ3n) is 5.34. The lowest BCUT2D eigenvalue weighted by Crippen LogP contribution is -2.34. The molecule has 4 heterocycles. The maximum Gasteiger partial charge on any atom is 0.165 e. The van der Waals surface area contributed by atoms with Crippen molar-refractivity contribution in [2.75, 3.05) is 18.1 Å². The lowest BCUT2D eigenvalue weighted by molar-refractivity contribution is 0.0128. The second-order valence-corrected chi connectivity index (χ2v) is 8.65. The lowest BCUT2D eigenvalue weighted by Gasteiger charge is -2.17. The van der Waals surface area contributed by atoms with E-state index in [4.69, 9.17) is 16.2 Å². The van der Waals surface area contributed by atoms with E-state index in [2.05, 4.69) is 15.0 Å². The second kappa shape index (κ2) is 7.52. The molecule has 5 rings (SSSR count). The number of hydrogen-bond acceptors (Lipinski definition) is 9. The van der Waals surface area contributed by atoms with Gasteiger partial charge >= 0.3 is 0 Å². The second-order valence-electron chi connectivity index (χ2n) is 7.29. The van der Waals surface area contributed by atoms with Crippen molar-refractivity contribution >= 4 is 45.3 Å². The highest BCUT2D eigenvalue weighted by molar-refractivity contribution is 8.00. The first-order valence-corrected chi connectivity index (χ1v) is 10.4. The zero-order valence-corrected chi connectivity index (χ0v) is 16.9. The van der Waals surface area contributed by atoms with Crippen molar-refractivity contribution < 1.29 is 19.3 Å². The van der Waals surface area contributed by atoms with Crippen LogP contribution >= 0.6 is 11.8 Å². The number of aromatic nitrogens is 4. The average molecular weight is 442 g/mol. The van der Waals surface area contributed by atoms with Crippen molar-refractivity contribution in [1.82, 2.24) is 19.5 Å². The Morgan fingerprint density at radius 1 is 1.10 bits per heavy atom. The average Bonchev–Trinajstić information content (AvgIpc) is 3.30. The van der Waals surface area contributed by atoms with Crippen LogP contribution in [0.1, 0.15) is 5.37 Å². The highest BCUT2D eigenvalue weighted by Gasteiger charge is 2.44. The van der Waals surface area contributed by atoms with E-state index in [9.17, 15) is 14.6 Å². The van der Waals surface area contributed by atoms with Crippen LogP contribution in [0.2, 0.25) is 0 Å². The van der Waals surface area contributed by atoms with Gasteiger partial charge in [-0.2, -0.15) is 0 Å². The van der Waals surface area contributed by atoms with Crippen LogP contribution in [0.3, 0.4) is 0 Å². The minimum absolute atomic E-state index is 0.151. The van der Waals surface area contributed by atoms with Crippen LogP contribution in [0.5, 0.6) is 5.75 Å². The van der Waals surface area contributed by atoms with Gasteiger partial charge in [-0.15, -0.1) is 11.8 Å². The molecule has 0 saturated carbocycles. The van der Waals surface area contributed by atoms with Gasteiger partial charge < -0.3 is 31.0 Å². The van der Waals surface area contributed by atoms with Gasteiger partial charge in [-0.25, -0.2) is 19.3 Å². The largest absolute Gasteiger partial charge is 0.492 e. The molecule has 31 heavy (non-hydrogen) atoms. The number of nitrogens with two attached hydrogens (primary N) is 2. The first-order chi connectivity index (χ1) is 14.9. The zero-order chi connectivity index (χ0) is 21.7. The Morgan fingerprint density at radius 3 is 2.77 bits per heavy atom. The monoisotopic (exact) mass is 442 g/mol. The first-order valence-electron chi connectivity index (χ1n) is 9.49. The van der Waals surface area contributed by atoms with Crippen molar-refractivity contribution in [2.24, 2.45) is 0 Å². The molecule has 1 aliphatic heterocycles. The van der Waals surface area contributed by atoms with Crippen LogP contribution in [0.25, 0.3) is 21.9 Å². The highest BCUT2D eigenvalue weighted by Crippen LogP contribution is 2.43. The Labute approximate surface area is 179 Å². The Hall–Kier alpha value is -3.15. The molecule has 0 spiro atoms. The molecule has 0 bridgehead atoms. The van der Waals surface area contributed by atoms with Crippen LogP contribution in [-0.4, -0.2) is 53.8 Å². The van der Waals surface area contributed by atoms with E-state index in [0.717, 1.165) is 0 Å². The standard InChI is InChI=1S/C20H19FN6O3S/c21-12-5-9-1-2-10(6-13(9)26-18(12)23)30-7-14-15(28)16(29)20(31-14)27-4-3-11-17(22)24-8-25-19(11)27/h1-6,8,14-16,20,28-29H,7H2,(H2,23,26)(H2,22,24,25)/t14-,15-,16-,20-/m1/s1. The fraction of sp³-hybridized carbons (Fsp3) is 0.250. The number of fused-ring (bicyclic) bond motifs is 2. The van der Waals surface area contributed by atoms with Crippen LogP contribution in [0.15, 0.2) is 42.9 Å². The van der Waals surface area contributed by atoms with Crippen molar-refractivity contribution in [2.45, 2.75) is 22.8 Å². The zero-order valence-electron chi connectivity index (χ0n) is 16.1. The van der Waals surface area contributed by atoms with Crippen molar-refractivity contribution in [1.29, 1.82) is 0 Å². The number of anilines is 2. The smallest absolute Gasteiger partial charge is 0.165 e. The highest BCUT2D eigenvalue weighted by atomic mass is 32.2. The molecule has 1 aromatic carbocycles. The minimum atomic E-state index is -1.02. The summed E-state index contributed by atoms with van der Waals surface area (Å²) in [6.07, 6.45) is 1.11. The van der Waals surface area contributed by atoms with Gasteiger partial charge in [0, 0.05) is 17.6 Å². The summed E-state index contributed by atoms with van der Waals surface area (Å²) in [5, 5.41) is 21.7. The summed E-state index contributed by atoms with van der Waals surface area (Å²) in [5.41, 5.74) is 12.5. The molecule has 0 amide bonds. The number of nitrogen functional groups attached to an aromatic ring is 2. The number of pyridine rings is 1. The van der Waals surface area contributed by atoms with Crippen LogP contribution in [0.4, 0.5) is 16.0 Å². The number of thioether (sulfide) groups is 1. The van der Waals surface area contributed by atoms with Gasteiger partial charge in [0.1, 0.15) is 41.6 Å². The minimum Gasteiger partial charge on any atom is -0.492 e. The molecule has 1 saturated heterocycles. The van der Waals surface area contributed by atoms with E-state index < -0.39 is 28.6 Å². The number of aliphatic hydroxyl groups excluding tert-OH is 2. The maximum atomic E-state index is 13.6. The normalized spacial score (nSPS) is 23.6. The van der Waals surface area contributed by atoms with E-state index in [1.54, 1.807) is 35.0 Å². The SMILES string of the molecule is Nc1nc2cc(OC[C@H]3S[C@@H](n4ccc5c(N)ncnc54)[C@H](O)[C@@H]3O)ccc2cc1F. The molecule has 0 radical (unpaired) electrons. The Balaban J connectivity index is 1.34. The Bertz CT molecular complexity index is 1280. The first kappa shape index (κ1) is 19.8. The molecule has 3 aromatic heterocycles. The Kier molecular flexibility index (Phi) is 4.80. The number of rotatable bonds is 4. The summed E-state index contributed by atoms with van der Waals surface area (Å²) in [5.74, 6) is 0.104. The molecule has 9 nitrogen and oxygen atoms in total. The number of aliphatic hydroxyl groups is 2. The number of halogens is 1. The van der Waals surface area contributed by atoms with Crippen LogP contribution < -0.4 is 16.2 Å². The van der Waals surface area contributed by atoms with E-state index in [-0.39, 0.29) is 12.4 Å². The number of hydrogen-bond donors (Lipinski definition) is 4. The predicted octanol–water partition coefficient (Wildman–Crippen LogP) is 1.70. The van der Waals surface area contributed by atoms with Gasteiger partial charge in [0.2, 0.25) is 0 Å². The van der Waals surface area contributed by atoms with Crippen LogP contribution in [-0.2, 0) is 0 Å². The number of benzene rings is 1. The number of ether oxygens (including phenoxy) is 1. The molecule has 0 aliphatic carbocycles. The van der Waals surface area contributed by atoms with Gasteiger partial charge in [0.25, 0.3) is 0 Å². The summed E-state index contributed by atoms with van der Waals surface area (Å²) < 4.78 is 21.2. The van der Waals surface area contributed by atoms with Crippen LogP contribution in [0, 0.1) is 5.82 Å². The molecule has 160 valence electrons. The molecule has 4 atom stereocenters.